The van der Waals surface area contributed by atoms with E-state index < -0.39 is 51.6 Å². The molecule has 0 saturated heterocycles. The van der Waals surface area contributed by atoms with E-state index in [9.17, 15) is 40.3 Å². The average molecular weight is 695 g/mol. The lowest BCUT2D eigenvalue weighted by atomic mass is 9.68. The molecule has 0 N–H and O–H groups in total. The molecule has 1 amide bonds. The number of carbonyl (C=O) groups excluding carboxylic acids is 2. The van der Waals surface area contributed by atoms with E-state index in [1.165, 1.54) is 44.1 Å². The molecule has 1 aliphatic carbocycles. The quantitative estimate of drug-likeness (QED) is 0.174. The highest BCUT2D eigenvalue weighted by molar-refractivity contribution is 6.03. The highest BCUT2D eigenvalue weighted by Gasteiger charge is 2.42. The first-order chi connectivity index (χ1) is 22.6. The topological polar surface area (TPSA) is 59.5 Å². The molecule has 0 unspecified atom stereocenters. The minimum absolute atomic E-state index is 0.00569. The second-order valence-electron chi connectivity index (χ2n) is 13.9. The maximum absolute atomic E-state index is 14.2. The number of hydrogen-bond donors (Lipinski definition) is 0. The van der Waals surface area contributed by atoms with E-state index >= 15 is 0 Å². The Balaban J connectivity index is 1.74. The number of nitrogens with zero attached hydrogens (tertiary/aromatic N) is 2. The van der Waals surface area contributed by atoms with Gasteiger partial charge in [-0.3, -0.25) is 14.6 Å². The minimum atomic E-state index is -5.08. The Morgan fingerprint density at radius 2 is 1.39 bits per heavy atom. The van der Waals surface area contributed by atoms with Crippen molar-refractivity contribution < 1.29 is 45.1 Å². The van der Waals surface area contributed by atoms with Gasteiger partial charge in [0.25, 0.3) is 0 Å². The van der Waals surface area contributed by atoms with Crippen LogP contribution < -0.4 is 4.90 Å². The average Bonchev–Trinajstić information content (AvgIpc) is 3.03. The lowest BCUT2D eigenvalue weighted by Gasteiger charge is -2.37. The van der Waals surface area contributed by atoms with E-state index in [0.717, 1.165) is 25.7 Å². The Hall–Kier alpha value is -3.96. The summed E-state index contributed by atoms with van der Waals surface area (Å²) in [6, 6.07) is 7.10. The molecule has 1 fully saturated rings. The standard InChI is InChI=1S/C37H41F7N2O3/c1-8-49-33(48)35(5,6)23-11-9-22(10-12-23)30-19-29(28-14-13-27(38)15-21(28)2)31(20-45-30)46(7)32(47)34(3,4)24-16-25(36(39,40)41)18-26(17-24)37(42,43)44/h13-20,22-23H,8-12H2,1-7H3. The van der Waals surface area contributed by atoms with E-state index in [1.54, 1.807) is 26.0 Å². The van der Waals surface area contributed by atoms with Crippen LogP contribution in [0.2, 0.25) is 0 Å². The fourth-order valence-corrected chi connectivity index (χ4v) is 6.66. The van der Waals surface area contributed by atoms with Crippen molar-refractivity contribution in [3.63, 3.8) is 0 Å². The molecule has 266 valence electrons. The third-order valence-electron chi connectivity index (χ3n) is 9.86. The van der Waals surface area contributed by atoms with E-state index in [-0.39, 0.29) is 29.6 Å². The van der Waals surface area contributed by atoms with E-state index in [0.29, 0.717) is 41.1 Å². The van der Waals surface area contributed by atoms with Gasteiger partial charge in [-0.05, 0) is 126 Å². The molecule has 4 rings (SSSR count). The summed E-state index contributed by atoms with van der Waals surface area (Å²) in [5, 5.41) is 0. The van der Waals surface area contributed by atoms with Crippen LogP contribution in [-0.2, 0) is 32.1 Å². The zero-order valence-electron chi connectivity index (χ0n) is 28.6. The molecule has 49 heavy (non-hydrogen) atoms. The van der Waals surface area contributed by atoms with Gasteiger partial charge in [-0.15, -0.1) is 0 Å². The number of aromatic nitrogens is 1. The second kappa shape index (κ2) is 13.7. The predicted molar refractivity (Wildman–Crippen MR) is 172 cm³/mol. The van der Waals surface area contributed by atoms with Crippen molar-refractivity contribution in [1.29, 1.82) is 0 Å². The normalized spacial score (nSPS) is 17.5. The number of halogens is 7. The van der Waals surface area contributed by atoms with Crippen LogP contribution in [0.1, 0.15) is 94.2 Å². The molecule has 0 spiro atoms. The molecule has 0 aliphatic heterocycles. The van der Waals surface area contributed by atoms with Gasteiger partial charge >= 0.3 is 18.3 Å². The minimum Gasteiger partial charge on any atom is -0.466 e. The summed E-state index contributed by atoms with van der Waals surface area (Å²) in [5.74, 6) is -1.40. The first-order valence-corrected chi connectivity index (χ1v) is 16.1. The number of ether oxygens (including phenoxy) is 1. The number of alkyl halides is 6. The van der Waals surface area contributed by atoms with Crippen LogP contribution in [0, 0.1) is 24.1 Å². The molecule has 2 aromatic carbocycles. The Bertz CT molecular complexity index is 1670. The Morgan fingerprint density at radius 3 is 1.90 bits per heavy atom. The fourth-order valence-electron chi connectivity index (χ4n) is 6.66. The molecule has 5 nitrogen and oxygen atoms in total. The van der Waals surface area contributed by atoms with Crippen LogP contribution in [0.25, 0.3) is 11.1 Å². The summed E-state index contributed by atoms with van der Waals surface area (Å²) in [5.41, 5.74) is -3.41. The SMILES string of the molecule is CCOC(=O)C(C)(C)C1CCC(c2cc(-c3ccc(F)cc3C)c(N(C)C(=O)C(C)(C)c3cc(C(F)(F)F)cc(C(F)(F)F)c3)cn2)CC1. The third kappa shape index (κ3) is 7.94. The molecular weight excluding hydrogens is 653 g/mol. The number of aryl methyl sites for hydroxylation is 1. The molecular formula is C37H41F7N2O3. The highest BCUT2D eigenvalue weighted by atomic mass is 19.4. The zero-order valence-corrected chi connectivity index (χ0v) is 28.6. The molecule has 1 aliphatic rings. The number of anilines is 1. The van der Waals surface area contributed by atoms with Gasteiger partial charge < -0.3 is 9.64 Å². The molecule has 0 radical (unpaired) electrons. The van der Waals surface area contributed by atoms with E-state index in [2.05, 4.69) is 4.98 Å². The van der Waals surface area contributed by atoms with Gasteiger partial charge in [0.1, 0.15) is 5.82 Å². The van der Waals surface area contributed by atoms with Crippen LogP contribution >= 0.6 is 0 Å². The number of amides is 1. The molecule has 1 aromatic heterocycles. The monoisotopic (exact) mass is 694 g/mol. The third-order valence-corrected chi connectivity index (χ3v) is 9.86. The van der Waals surface area contributed by atoms with Gasteiger partial charge in [-0.1, -0.05) is 6.07 Å². The number of likely N-dealkylation sites (N-methyl/N-ethyl adjacent to an activating group) is 1. The Kier molecular flexibility index (Phi) is 10.6. The van der Waals surface area contributed by atoms with Crippen molar-refractivity contribution in [2.45, 2.75) is 90.9 Å². The van der Waals surface area contributed by atoms with Gasteiger partial charge in [0.05, 0.1) is 40.4 Å². The maximum Gasteiger partial charge on any atom is 0.416 e. The summed E-state index contributed by atoms with van der Waals surface area (Å²) in [6.45, 7) is 10.1. The summed E-state index contributed by atoms with van der Waals surface area (Å²) in [4.78, 5) is 32.5. The Morgan fingerprint density at radius 1 is 0.837 bits per heavy atom. The molecule has 0 bridgehead atoms. The number of benzene rings is 2. The Labute approximate surface area is 281 Å². The fraction of sp³-hybridized carbons (Fsp3) is 0.486. The molecule has 1 saturated carbocycles. The van der Waals surface area contributed by atoms with Crippen LogP contribution in [0.5, 0.6) is 0 Å². The largest absolute Gasteiger partial charge is 0.466 e. The van der Waals surface area contributed by atoms with Gasteiger partial charge in [0.2, 0.25) is 5.91 Å². The first kappa shape index (κ1) is 37.9. The van der Waals surface area contributed by atoms with Crippen LogP contribution in [0.4, 0.5) is 36.4 Å². The van der Waals surface area contributed by atoms with Gasteiger partial charge in [0, 0.05) is 24.2 Å². The zero-order chi connectivity index (χ0) is 36.7. The van der Waals surface area contributed by atoms with Gasteiger partial charge in [-0.25, -0.2) is 4.39 Å². The van der Waals surface area contributed by atoms with Crippen molar-refractivity contribution in [1.82, 2.24) is 4.98 Å². The van der Waals surface area contributed by atoms with Crippen molar-refractivity contribution in [2.75, 3.05) is 18.6 Å². The van der Waals surface area contributed by atoms with Crippen LogP contribution in [-0.4, -0.2) is 30.5 Å². The number of rotatable bonds is 8. The van der Waals surface area contributed by atoms with E-state index in [1.807, 2.05) is 13.8 Å². The van der Waals surface area contributed by atoms with Crippen LogP contribution in [0.15, 0.2) is 48.7 Å². The van der Waals surface area contributed by atoms with Gasteiger partial charge in [-0.2, -0.15) is 26.3 Å². The van der Waals surface area contributed by atoms with E-state index in [4.69, 9.17) is 4.74 Å². The predicted octanol–water partition coefficient (Wildman–Crippen LogP) is 10.0. The molecule has 1 heterocycles. The summed E-state index contributed by atoms with van der Waals surface area (Å²) < 4.78 is 102. The van der Waals surface area contributed by atoms with Gasteiger partial charge in [0.15, 0.2) is 0 Å². The maximum atomic E-state index is 14.2. The number of carbonyl (C=O) groups is 2. The second-order valence-corrected chi connectivity index (χ2v) is 13.9. The number of hydrogen-bond acceptors (Lipinski definition) is 4. The van der Waals surface area contributed by atoms with Crippen LogP contribution in [0.3, 0.4) is 0 Å². The number of esters is 1. The van der Waals surface area contributed by atoms with Crippen molar-refractivity contribution in [3.8, 4) is 11.1 Å². The lowest BCUT2D eigenvalue weighted by molar-refractivity contribution is -0.157. The van der Waals surface area contributed by atoms with Crippen molar-refractivity contribution in [2.24, 2.45) is 11.3 Å². The van der Waals surface area contributed by atoms with Crippen molar-refractivity contribution in [3.05, 3.63) is 82.4 Å². The first-order valence-electron chi connectivity index (χ1n) is 16.1. The summed E-state index contributed by atoms with van der Waals surface area (Å²) in [6.07, 6.45) is -5.77. The molecule has 12 heteroatoms. The summed E-state index contributed by atoms with van der Waals surface area (Å²) >= 11 is 0. The lowest BCUT2D eigenvalue weighted by Crippen LogP contribution is -2.42. The number of pyridine rings is 1. The molecule has 0 atom stereocenters. The van der Waals surface area contributed by atoms with Crippen molar-refractivity contribution >= 4 is 17.6 Å². The summed E-state index contributed by atoms with van der Waals surface area (Å²) in [7, 11) is 1.38. The molecule has 3 aromatic rings. The highest BCUT2D eigenvalue weighted by Crippen LogP contribution is 2.46. The smallest absolute Gasteiger partial charge is 0.416 e.